The zero-order valence-electron chi connectivity index (χ0n) is 11.4. The lowest BCUT2D eigenvalue weighted by atomic mass is 10.1. The van der Waals surface area contributed by atoms with Crippen LogP contribution in [-0.2, 0) is 6.54 Å². The van der Waals surface area contributed by atoms with E-state index in [1.807, 2.05) is 0 Å². The summed E-state index contributed by atoms with van der Waals surface area (Å²) in [5.74, 6) is -0.326. The van der Waals surface area contributed by atoms with Crippen LogP contribution in [0.2, 0.25) is 0 Å². The molecule has 0 saturated heterocycles. The van der Waals surface area contributed by atoms with Crippen LogP contribution in [0.1, 0.15) is 16.1 Å². The van der Waals surface area contributed by atoms with Crippen molar-refractivity contribution in [2.24, 2.45) is 0 Å². The molecule has 21 heavy (non-hydrogen) atoms. The van der Waals surface area contributed by atoms with Crippen molar-refractivity contribution in [1.82, 2.24) is 9.88 Å². The molecular formula is C14H14N4O3. The van der Waals surface area contributed by atoms with Crippen LogP contribution in [0.3, 0.4) is 0 Å². The second-order valence-electron chi connectivity index (χ2n) is 4.52. The summed E-state index contributed by atoms with van der Waals surface area (Å²) in [6, 6.07) is 9.42. The Kier molecular flexibility index (Phi) is 4.13. The van der Waals surface area contributed by atoms with Crippen molar-refractivity contribution in [3.05, 3.63) is 64.0 Å². The van der Waals surface area contributed by atoms with Gasteiger partial charge in [0.1, 0.15) is 5.69 Å². The minimum atomic E-state index is -0.463. The normalized spacial score (nSPS) is 10.1. The highest BCUT2D eigenvalue weighted by atomic mass is 16.6. The predicted octanol–water partition coefficient (Wildman–Crippen LogP) is 1.84. The number of nitro groups is 1. The molecule has 0 spiro atoms. The van der Waals surface area contributed by atoms with Gasteiger partial charge in [0.05, 0.1) is 23.4 Å². The molecule has 1 amide bonds. The second-order valence-corrected chi connectivity index (χ2v) is 4.52. The zero-order chi connectivity index (χ0) is 15.4. The van der Waals surface area contributed by atoms with Gasteiger partial charge < -0.3 is 10.6 Å². The number of nitrogens with zero attached hydrogens (tertiary/aromatic N) is 3. The fraction of sp³-hybridized carbons (Fsp3) is 0.143. The maximum absolute atomic E-state index is 12.2. The van der Waals surface area contributed by atoms with Gasteiger partial charge in [0.15, 0.2) is 0 Å². The maximum atomic E-state index is 12.2. The van der Waals surface area contributed by atoms with Crippen LogP contribution in [0, 0.1) is 10.1 Å². The lowest BCUT2D eigenvalue weighted by molar-refractivity contribution is -0.385. The molecule has 7 heteroatoms. The van der Waals surface area contributed by atoms with E-state index < -0.39 is 4.92 Å². The summed E-state index contributed by atoms with van der Waals surface area (Å²) in [7, 11) is 1.57. The van der Waals surface area contributed by atoms with Crippen LogP contribution in [0.15, 0.2) is 42.6 Å². The van der Waals surface area contributed by atoms with Gasteiger partial charge in [-0.3, -0.25) is 14.9 Å². The molecule has 0 saturated carbocycles. The smallest absolute Gasteiger partial charge is 0.274 e. The number of carbonyl (C=O) groups excluding carboxylic acids is 1. The minimum Gasteiger partial charge on any atom is -0.397 e. The van der Waals surface area contributed by atoms with Gasteiger partial charge in [-0.15, -0.1) is 0 Å². The summed E-state index contributed by atoms with van der Waals surface area (Å²) in [5, 5.41) is 11.0. The molecular weight excluding hydrogens is 272 g/mol. The van der Waals surface area contributed by atoms with Crippen LogP contribution in [0.4, 0.5) is 11.4 Å². The highest BCUT2D eigenvalue weighted by Gasteiger charge is 2.18. The summed E-state index contributed by atoms with van der Waals surface area (Å²) < 4.78 is 0. The van der Waals surface area contributed by atoms with Gasteiger partial charge in [0.25, 0.3) is 11.6 Å². The summed E-state index contributed by atoms with van der Waals surface area (Å²) in [6.07, 6.45) is 1.39. The van der Waals surface area contributed by atoms with Crippen LogP contribution >= 0.6 is 0 Å². The fourth-order valence-electron chi connectivity index (χ4n) is 1.88. The van der Waals surface area contributed by atoms with Crippen molar-refractivity contribution in [3.8, 4) is 0 Å². The SMILES string of the molecule is CN(Cc1ccccc1[N+](=O)[O-])C(=O)c1ccc(N)cn1. The van der Waals surface area contributed by atoms with Crippen molar-refractivity contribution < 1.29 is 9.72 Å². The van der Waals surface area contributed by atoms with E-state index in [9.17, 15) is 14.9 Å². The van der Waals surface area contributed by atoms with Crippen LogP contribution < -0.4 is 5.73 Å². The molecule has 2 aromatic rings. The van der Waals surface area contributed by atoms with E-state index in [0.29, 0.717) is 11.3 Å². The number of rotatable bonds is 4. The Labute approximate surface area is 121 Å². The molecule has 0 atom stereocenters. The van der Waals surface area contributed by atoms with Crippen LogP contribution in [0.25, 0.3) is 0 Å². The number of carbonyl (C=O) groups is 1. The van der Waals surface area contributed by atoms with Crippen molar-refractivity contribution in [1.29, 1.82) is 0 Å². The van der Waals surface area contributed by atoms with Gasteiger partial charge in [0.2, 0.25) is 0 Å². The molecule has 1 heterocycles. The molecule has 0 fully saturated rings. The first-order chi connectivity index (χ1) is 9.99. The van der Waals surface area contributed by atoms with E-state index in [2.05, 4.69) is 4.98 Å². The van der Waals surface area contributed by atoms with E-state index in [-0.39, 0.29) is 23.8 Å². The first kappa shape index (κ1) is 14.4. The average molecular weight is 286 g/mol. The second kappa shape index (κ2) is 6.00. The Hall–Kier alpha value is -2.96. The molecule has 2 N–H and O–H groups in total. The number of nitrogens with two attached hydrogens (primary N) is 1. The Bertz CT molecular complexity index is 670. The van der Waals surface area contributed by atoms with Gasteiger partial charge in [-0.2, -0.15) is 0 Å². The van der Waals surface area contributed by atoms with Crippen LogP contribution in [0.5, 0.6) is 0 Å². The molecule has 1 aromatic carbocycles. The highest BCUT2D eigenvalue weighted by Crippen LogP contribution is 2.19. The van der Waals surface area contributed by atoms with Crippen molar-refractivity contribution >= 4 is 17.3 Å². The number of anilines is 1. The Morgan fingerprint density at radius 3 is 2.67 bits per heavy atom. The number of benzene rings is 1. The summed E-state index contributed by atoms with van der Waals surface area (Å²) in [5.41, 5.74) is 6.68. The summed E-state index contributed by atoms with van der Waals surface area (Å²) in [4.78, 5) is 28.0. The third-order valence-corrected chi connectivity index (χ3v) is 2.95. The first-order valence-electron chi connectivity index (χ1n) is 6.18. The predicted molar refractivity (Wildman–Crippen MR) is 77.5 cm³/mol. The van der Waals surface area contributed by atoms with E-state index in [1.54, 1.807) is 31.3 Å². The van der Waals surface area contributed by atoms with E-state index in [0.717, 1.165) is 0 Å². The standard InChI is InChI=1S/C14H14N4O3/c1-17(14(19)12-7-6-11(15)8-16-12)9-10-4-2-3-5-13(10)18(20)21/h2-8H,9,15H2,1H3. The Morgan fingerprint density at radius 2 is 2.05 bits per heavy atom. The van der Waals surface area contributed by atoms with Gasteiger partial charge in [-0.05, 0) is 12.1 Å². The van der Waals surface area contributed by atoms with Crippen molar-refractivity contribution in [2.45, 2.75) is 6.54 Å². The molecule has 2 rings (SSSR count). The quantitative estimate of drug-likeness (QED) is 0.682. The average Bonchev–Trinajstić information content (AvgIpc) is 2.47. The number of pyridine rings is 1. The molecule has 0 aliphatic carbocycles. The third kappa shape index (κ3) is 3.33. The minimum absolute atomic E-state index is 0.0117. The number of hydrogen-bond acceptors (Lipinski definition) is 5. The number of para-hydroxylation sites is 1. The molecule has 0 radical (unpaired) electrons. The molecule has 0 aliphatic rings. The largest absolute Gasteiger partial charge is 0.397 e. The van der Waals surface area contributed by atoms with E-state index in [4.69, 9.17) is 5.73 Å². The number of amides is 1. The fourth-order valence-corrected chi connectivity index (χ4v) is 1.88. The number of nitro benzene ring substituents is 1. The lowest BCUT2D eigenvalue weighted by Crippen LogP contribution is -2.27. The number of nitrogen functional groups attached to an aromatic ring is 1. The zero-order valence-corrected chi connectivity index (χ0v) is 11.4. The Balaban J connectivity index is 2.18. The van der Waals surface area contributed by atoms with Crippen molar-refractivity contribution in [3.63, 3.8) is 0 Å². The van der Waals surface area contributed by atoms with Gasteiger partial charge in [-0.25, -0.2) is 4.98 Å². The monoisotopic (exact) mass is 286 g/mol. The van der Waals surface area contributed by atoms with Gasteiger partial charge >= 0.3 is 0 Å². The van der Waals surface area contributed by atoms with Crippen molar-refractivity contribution in [2.75, 3.05) is 12.8 Å². The first-order valence-corrected chi connectivity index (χ1v) is 6.18. The highest BCUT2D eigenvalue weighted by molar-refractivity contribution is 5.92. The van der Waals surface area contributed by atoms with Crippen LogP contribution in [-0.4, -0.2) is 27.8 Å². The number of aromatic nitrogens is 1. The molecule has 7 nitrogen and oxygen atoms in total. The molecule has 0 bridgehead atoms. The van der Waals surface area contributed by atoms with Gasteiger partial charge in [-0.1, -0.05) is 18.2 Å². The molecule has 1 aromatic heterocycles. The summed E-state index contributed by atoms with van der Waals surface area (Å²) in [6.45, 7) is 0.127. The van der Waals surface area contributed by atoms with E-state index in [1.165, 1.54) is 23.2 Å². The molecule has 0 unspecified atom stereocenters. The number of hydrogen-bond donors (Lipinski definition) is 1. The van der Waals surface area contributed by atoms with E-state index >= 15 is 0 Å². The van der Waals surface area contributed by atoms with Gasteiger partial charge in [0, 0.05) is 18.7 Å². The molecule has 108 valence electrons. The topological polar surface area (TPSA) is 102 Å². The lowest BCUT2D eigenvalue weighted by Gasteiger charge is -2.16. The molecule has 0 aliphatic heterocycles. The summed E-state index contributed by atoms with van der Waals surface area (Å²) >= 11 is 0. The Morgan fingerprint density at radius 1 is 1.33 bits per heavy atom. The third-order valence-electron chi connectivity index (χ3n) is 2.95. The maximum Gasteiger partial charge on any atom is 0.274 e.